The van der Waals surface area contributed by atoms with Crippen molar-refractivity contribution in [3.63, 3.8) is 0 Å². The SMILES string of the molecule is COC(=O)c1ccc(C(=O)OC)c(N=N[C@H](C(C)=O)C(=O)Nc2ccc(NC(=O)[C@H](N=Nc3cc(C(=O)OC)ccc3C(=O)OC)C(C)=O)cc2)c1. The number of nitrogens with one attached hydrogen (secondary N) is 2. The van der Waals surface area contributed by atoms with Gasteiger partial charge in [0.25, 0.3) is 11.8 Å². The molecule has 0 fully saturated rings. The van der Waals surface area contributed by atoms with Crippen molar-refractivity contribution >= 4 is 70.0 Å². The summed E-state index contributed by atoms with van der Waals surface area (Å²) in [6.07, 6.45) is 0. The minimum absolute atomic E-state index is 0.0240. The van der Waals surface area contributed by atoms with Crippen molar-refractivity contribution < 1.29 is 57.3 Å². The Morgan fingerprint density at radius 2 is 0.827 bits per heavy atom. The summed E-state index contributed by atoms with van der Waals surface area (Å²) in [6.45, 7) is 2.20. The lowest BCUT2D eigenvalue weighted by Gasteiger charge is -2.12. The van der Waals surface area contributed by atoms with Crippen LogP contribution in [0, 0.1) is 0 Å². The molecule has 2 atom stereocenters. The minimum Gasteiger partial charge on any atom is -0.465 e. The summed E-state index contributed by atoms with van der Waals surface area (Å²) in [4.78, 5) is 99.1. The molecule has 0 unspecified atom stereocenters. The van der Waals surface area contributed by atoms with Crippen molar-refractivity contribution in [2.24, 2.45) is 20.5 Å². The lowest BCUT2D eigenvalue weighted by Crippen LogP contribution is -2.32. The molecule has 2 N–H and O–H groups in total. The van der Waals surface area contributed by atoms with E-state index < -0.39 is 59.3 Å². The Morgan fingerprint density at radius 3 is 1.12 bits per heavy atom. The van der Waals surface area contributed by atoms with Crippen LogP contribution < -0.4 is 10.6 Å². The van der Waals surface area contributed by atoms with Gasteiger partial charge in [0.2, 0.25) is 12.1 Å². The predicted octanol–water partition coefficient (Wildman–Crippen LogP) is 4.19. The van der Waals surface area contributed by atoms with Crippen molar-refractivity contribution in [1.29, 1.82) is 0 Å². The number of ether oxygens (including phenoxy) is 4. The van der Waals surface area contributed by atoms with E-state index in [-0.39, 0.29) is 45.0 Å². The minimum atomic E-state index is -1.67. The maximum atomic E-state index is 13.0. The van der Waals surface area contributed by atoms with Gasteiger partial charge in [-0.25, -0.2) is 19.2 Å². The highest BCUT2D eigenvalue weighted by molar-refractivity contribution is 6.11. The number of amides is 2. The number of methoxy groups -OCH3 is 4. The smallest absolute Gasteiger partial charge is 0.340 e. The molecule has 0 aliphatic carbocycles. The van der Waals surface area contributed by atoms with Crippen LogP contribution in [0.15, 0.2) is 81.1 Å². The summed E-state index contributed by atoms with van der Waals surface area (Å²) >= 11 is 0. The molecule has 0 heterocycles. The van der Waals surface area contributed by atoms with Gasteiger partial charge in [0.15, 0.2) is 11.6 Å². The molecule has 270 valence electrons. The third-order valence-corrected chi connectivity index (χ3v) is 6.90. The highest BCUT2D eigenvalue weighted by atomic mass is 16.5. The molecule has 52 heavy (non-hydrogen) atoms. The Morgan fingerprint density at radius 1 is 0.500 bits per heavy atom. The molecule has 0 saturated heterocycles. The number of nitrogens with zero attached hydrogens (tertiary/aromatic N) is 4. The van der Waals surface area contributed by atoms with Gasteiger partial charge in [-0.2, -0.15) is 20.5 Å². The molecule has 2 amide bonds. The first kappa shape index (κ1) is 39.5. The maximum absolute atomic E-state index is 13.0. The maximum Gasteiger partial charge on any atom is 0.340 e. The van der Waals surface area contributed by atoms with Gasteiger partial charge in [0.05, 0.1) is 50.7 Å². The summed E-state index contributed by atoms with van der Waals surface area (Å²) in [5.41, 5.74) is -0.0939. The van der Waals surface area contributed by atoms with Crippen molar-refractivity contribution in [2.45, 2.75) is 25.9 Å². The van der Waals surface area contributed by atoms with Crippen LogP contribution >= 0.6 is 0 Å². The molecule has 0 aliphatic heterocycles. The summed E-state index contributed by atoms with van der Waals surface area (Å²) in [5, 5.41) is 20.4. The molecule has 18 heteroatoms. The zero-order valence-electron chi connectivity index (χ0n) is 28.6. The molecular formula is C34H32N6O12. The number of anilines is 2. The second-order valence-electron chi connectivity index (χ2n) is 10.4. The van der Waals surface area contributed by atoms with Gasteiger partial charge in [-0.3, -0.25) is 19.2 Å². The van der Waals surface area contributed by atoms with Gasteiger partial charge < -0.3 is 29.6 Å². The molecule has 0 aromatic heterocycles. The van der Waals surface area contributed by atoms with Crippen molar-refractivity contribution in [3.05, 3.63) is 82.9 Å². The van der Waals surface area contributed by atoms with E-state index in [1.165, 1.54) is 60.7 Å². The first-order valence-corrected chi connectivity index (χ1v) is 14.9. The average Bonchev–Trinajstić information content (AvgIpc) is 3.13. The molecule has 3 rings (SSSR count). The van der Waals surface area contributed by atoms with Gasteiger partial charge in [-0.05, 0) is 74.5 Å². The highest BCUT2D eigenvalue weighted by Crippen LogP contribution is 2.25. The topological polar surface area (TPSA) is 247 Å². The first-order valence-electron chi connectivity index (χ1n) is 14.9. The number of benzene rings is 3. The van der Waals surface area contributed by atoms with Gasteiger partial charge in [0, 0.05) is 11.4 Å². The lowest BCUT2D eigenvalue weighted by atomic mass is 10.1. The monoisotopic (exact) mass is 716 g/mol. The molecule has 18 nitrogen and oxygen atoms in total. The molecule has 0 aliphatic rings. The molecule has 3 aromatic rings. The van der Waals surface area contributed by atoms with Gasteiger partial charge in [0.1, 0.15) is 11.4 Å². The van der Waals surface area contributed by atoms with Crippen LogP contribution in [0.4, 0.5) is 22.7 Å². The third kappa shape index (κ3) is 10.0. The van der Waals surface area contributed by atoms with E-state index in [9.17, 15) is 38.4 Å². The lowest BCUT2D eigenvalue weighted by molar-refractivity contribution is -0.127. The fourth-order valence-electron chi connectivity index (χ4n) is 4.22. The second-order valence-corrected chi connectivity index (χ2v) is 10.4. The quantitative estimate of drug-likeness (QED) is 0.103. The molecule has 0 bridgehead atoms. The van der Waals surface area contributed by atoms with E-state index >= 15 is 0 Å². The Labute approximate surface area is 295 Å². The number of Topliss-reactive ketones (excluding diaryl/α,β-unsaturated/α-hetero) is 2. The zero-order valence-corrected chi connectivity index (χ0v) is 28.6. The standard InChI is InChI=1S/C34H32N6O12/c1-17(41)27(39-37-25-15-19(31(45)49-3)7-13-23(25)33(47)51-5)29(43)35-21-9-11-22(12-10-21)36-30(44)28(18(2)42)40-38-26-16-20(32(46)50-4)8-14-24(26)34(48)52-6/h7-16,27-28H,1-6H3,(H,35,43)(H,36,44)/t27-,28-/m1/s1. The van der Waals surface area contributed by atoms with Gasteiger partial charge in [-0.15, -0.1) is 0 Å². The number of azo groups is 2. The van der Waals surface area contributed by atoms with Crippen LogP contribution in [0.2, 0.25) is 0 Å². The molecule has 3 aromatic carbocycles. The summed E-state index contributed by atoms with van der Waals surface area (Å²) in [7, 11) is 4.58. The van der Waals surface area contributed by atoms with Crippen molar-refractivity contribution in [3.8, 4) is 0 Å². The summed E-state index contributed by atoms with van der Waals surface area (Å²) < 4.78 is 18.8. The van der Waals surface area contributed by atoms with E-state index in [0.717, 1.165) is 42.3 Å². The van der Waals surface area contributed by atoms with E-state index in [1.54, 1.807) is 0 Å². The Bertz CT molecular complexity index is 1830. The van der Waals surface area contributed by atoms with Crippen molar-refractivity contribution in [1.82, 2.24) is 0 Å². The number of carbonyl (C=O) groups is 8. The number of ketones is 2. The van der Waals surface area contributed by atoms with Gasteiger partial charge in [-0.1, -0.05) is 0 Å². The number of hydrogen-bond acceptors (Lipinski definition) is 16. The summed E-state index contributed by atoms with van der Waals surface area (Å²) in [5.74, 6) is -6.26. The Kier molecular flexibility index (Phi) is 13.8. The largest absolute Gasteiger partial charge is 0.465 e. The average molecular weight is 717 g/mol. The van der Waals surface area contributed by atoms with Crippen molar-refractivity contribution in [2.75, 3.05) is 39.1 Å². The molecular weight excluding hydrogens is 684 g/mol. The zero-order chi connectivity index (χ0) is 38.5. The van der Waals surface area contributed by atoms with Crippen LogP contribution in [0.1, 0.15) is 55.3 Å². The predicted molar refractivity (Wildman–Crippen MR) is 180 cm³/mol. The molecule has 0 saturated carbocycles. The number of carbonyl (C=O) groups excluding carboxylic acids is 8. The fraction of sp³-hybridized carbons (Fsp3) is 0.235. The van der Waals surface area contributed by atoms with Gasteiger partial charge >= 0.3 is 23.9 Å². The fourth-order valence-corrected chi connectivity index (χ4v) is 4.22. The van der Waals surface area contributed by atoms with E-state index in [0.29, 0.717) is 0 Å². The summed E-state index contributed by atoms with van der Waals surface area (Å²) in [6, 6.07) is 9.66. The Balaban J connectivity index is 1.78. The number of hydrogen-bond donors (Lipinski definition) is 2. The Hall–Kier alpha value is -6.98. The highest BCUT2D eigenvalue weighted by Gasteiger charge is 2.26. The normalized spacial score (nSPS) is 12.0. The molecule has 0 radical (unpaired) electrons. The van der Waals surface area contributed by atoms with E-state index in [4.69, 9.17) is 9.47 Å². The van der Waals surface area contributed by atoms with E-state index in [1.807, 2.05) is 0 Å². The van der Waals surface area contributed by atoms with Crippen LogP contribution in [-0.4, -0.2) is 87.8 Å². The number of rotatable bonds is 14. The van der Waals surface area contributed by atoms with Crippen LogP contribution in [0.5, 0.6) is 0 Å². The van der Waals surface area contributed by atoms with E-state index in [2.05, 4.69) is 40.6 Å². The number of esters is 4. The third-order valence-electron chi connectivity index (χ3n) is 6.90. The van der Waals surface area contributed by atoms with Crippen LogP contribution in [0.3, 0.4) is 0 Å². The molecule has 0 spiro atoms. The first-order chi connectivity index (χ1) is 24.7. The van der Waals surface area contributed by atoms with Crippen LogP contribution in [-0.2, 0) is 38.1 Å². The second kappa shape index (κ2) is 18.1. The van der Waals surface area contributed by atoms with Crippen LogP contribution in [0.25, 0.3) is 0 Å².